The summed E-state index contributed by atoms with van der Waals surface area (Å²) in [6, 6.07) is 27.1. The summed E-state index contributed by atoms with van der Waals surface area (Å²) in [6.07, 6.45) is 13.6. The van der Waals surface area contributed by atoms with Gasteiger partial charge in [0.2, 0.25) is 11.8 Å². The number of methoxy groups -OCH3 is 5. The maximum absolute atomic E-state index is 13.7. The third-order valence-electron chi connectivity index (χ3n) is 11.6. The number of H-pyrrole nitrogens is 2. The van der Waals surface area contributed by atoms with Crippen LogP contribution in [0.1, 0.15) is 49.1 Å². The third-order valence-corrected chi connectivity index (χ3v) is 11.6. The Bertz CT molecular complexity index is 3200. The molecule has 0 aliphatic carbocycles. The van der Waals surface area contributed by atoms with Gasteiger partial charge in [-0.25, -0.2) is 14.4 Å². The van der Waals surface area contributed by atoms with Crippen molar-refractivity contribution in [1.29, 1.82) is 0 Å². The molecule has 8 aromatic rings. The van der Waals surface area contributed by atoms with Crippen molar-refractivity contribution >= 4 is 46.0 Å². The number of ether oxygens (including phenoxy) is 6. The van der Waals surface area contributed by atoms with Crippen molar-refractivity contribution in [1.82, 2.24) is 35.5 Å². The van der Waals surface area contributed by atoms with Gasteiger partial charge in [-0.05, 0) is 122 Å². The molecule has 8 rings (SSSR count). The SMILES string of the molecule is CC.COc1ccc(CNC(=O)/C=C/c2c[nH]c3nccc(-c4ccc(F)cc4OC)c23)cc1OC.COc1ccc([C@@H](C)NC(=O)/C=C/c2c[nH]c3nccc(-c4ccc(OCCN(C)C)cc4)c23)cc1OC. The molecular weight excluding hydrogens is 942 g/mol. The summed E-state index contributed by atoms with van der Waals surface area (Å²) < 4.78 is 46.1. The fourth-order valence-corrected chi connectivity index (χ4v) is 7.89. The van der Waals surface area contributed by atoms with E-state index in [4.69, 9.17) is 28.4 Å². The molecule has 4 aromatic carbocycles. The van der Waals surface area contributed by atoms with Crippen molar-refractivity contribution in [2.45, 2.75) is 33.4 Å². The number of aromatic nitrogens is 4. The Hall–Kier alpha value is -8.63. The fourth-order valence-electron chi connectivity index (χ4n) is 7.89. The van der Waals surface area contributed by atoms with Crippen molar-refractivity contribution in [3.05, 3.63) is 156 Å². The van der Waals surface area contributed by atoms with Crippen LogP contribution in [0.25, 0.3) is 56.5 Å². The zero-order valence-electron chi connectivity index (χ0n) is 43.5. The predicted octanol–water partition coefficient (Wildman–Crippen LogP) is 10.8. The van der Waals surface area contributed by atoms with Crippen molar-refractivity contribution in [2.24, 2.45) is 0 Å². The molecule has 0 radical (unpaired) electrons. The van der Waals surface area contributed by atoms with Crippen molar-refractivity contribution < 1.29 is 42.4 Å². The molecule has 386 valence electrons. The topological polar surface area (TPSA) is 174 Å². The number of rotatable bonds is 19. The average Bonchev–Trinajstić information content (AvgIpc) is 4.06. The van der Waals surface area contributed by atoms with Gasteiger partial charge in [0, 0.05) is 83.6 Å². The summed E-state index contributed by atoms with van der Waals surface area (Å²) in [5, 5.41) is 7.62. The van der Waals surface area contributed by atoms with Gasteiger partial charge in [-0.2, -0.15) is 0 Å². The van der Waals surface area contributed by atoms with Crippen molar-refractivity contribution in [3.63, 3.8) is 0 Å². The van der Waals surface area contributed by atoms with E-state index in [1.807, 2.05) is 108 Å². The molecule has 0 bridgehead atoms. The van der Waals surface area contributed by atoms with Crippen LogP contribution in [0.2, 0.25) is 0 Å². The molecule has 74 heavy (non-hydrogen) atoms. The lowest BCUT2D eigenvalue weighted by Gasteiger charge is -2.15. The van der Waals surface area contributed by atoms with Crippen LogP contribution in [0, 0.1) is 5.82 Å². The summed E-state index contributed by atoms with van der Waals surface area (Å²) in [7, 11) is 11.9. The number of hydrogen-bond acceptors (Lipinski definition) is 11. The maximum Gasteiger partial charge on any atom is 0.244 e. The number of benzene rings is 4. The Kier molecular flexibility index (Phi) is 19.7. The number of aromatic amines is 2. The van der Waals surface area contributed by atoms with Gasteiger partial charge in [0.25, 0.3) is 0 Å². The van der Waals surface area contributed by atoms with Gasteiger partial charge in [0.05, 0.1) is 41.6 Å². The first-order valence-corrected chi connectivity index (χ1v) is 23.9. The van der Waals surface area contributed by atoms with E-state index in [2.05, 4.69) is 35.5 Å². The van der Waals surface area contributed by atoms with E-state index in [-0.39, 0.29) is 23.7 Å². The summed E-state index contributed by atoms with van der Waals surface area (Å²) in [6.45, 7) is 7.74. The lowest BCUT2D eigenvalue weighted by Crippen LogP contribution is -2.24. The number of pyridine rings is 2. The number of likely N-dealkylation sites (N-methyl/N-ethyl adjacent to an activating group) is 1. The first-order valence-electron chi connectivity index (χ1n) is 23.9. The van der Waals surface area contributed by atoms with E-state index < -0.39 is 0 Å². The Labute approximate surface area is 431 Å². The van der Waals surface area contributed by atoms with Gasteiger partial charge in [0.15, 0.2) is 23.0 Å². The minimum atomic E-state index is -0.383. The van der Waals surface area contributed by atoms with Crippen LogP contribution in [-0.4, -0.2) is 99.4 Å². The monoisotopic (exact) mass is 1010 g/mol. The minimum absolute atomic E-state index is 0.202. The first kappa shape index (κ1) is 54.7. The van der Waals surface area contributed by atoms with E-state index in [1.54, 1.807) is 77.4 Å². The highest BCUT2D eigenvalue weighted by Crippen LogP contribution is 2.37. The average molecular weight is 1010 g/mol. The summed E-state index contributed by atoms with van der Waals surface area (Å²) in [5.41, 5.74) is 8.44. The number of nitrogens with zero attached hydrogens (tertiary/aromatic N) is 3. The highest BCUT2D eigenvalue weighted by molar-refractivity contribution is 6.03. The molecule has 1 atom stereocenters. The largest absolute Gasteiger partial charge is 0.496 e. The van der Waals surface area contributed by atoms with Crippen LogP contribution < -0.4 is 39.1 Å². The lowest BCUT2D eigenvalue weighted by molar-refractivity contribution is -0.117. The molecule has 4 aromatic heterocycles. The highest BCUT2D eigenvalue weighted by atomic mass is 19.1. The standard InChI is InChI=1S/C30H34N4O4.C26H24FN3O4.C2H6/c1-20(22-8-12-26(36-4)27(18-22)37-5)33-28(35)13-9-23-19-32-30-29(23)25(14-15-31-30)21-6-10-24(11-7-21)38-17-16-34(2)3;1-32-21-8-4-16(12-23(21)34-3)14-29-24(31)9-5-17-15-30-26-25(17)20(10-11-28-26)19-7-6-18(27)13-22(19)33-2;1-2/h6-15,18-20H,16-17H2,1-5H3,(H,31,32)(H,33,35);4-13,15H,14H2,1-3H3,(H,28,30)(H,29,31);1-2H3/b13-9+;9-5+;/t20-;;/m1../s1. The van der Waals surface area contributed by atoms with Crippen LogP contribution in [-0.2, 0) is 16.1 Å². The summed E-state index contributed by atoms with van der Waals surface area (Å²) in [4.78, 5) is 42.5. The van der Waals surface area contributed by atoms with E-state index in [0.717, 1.165) is 73.2 Å². The van der Waals surface area contributed by atoms with Gasteiger partial charge in [0.1, 0.15) is 35.2 Å². The van der Waals surface area contributed by atoms with Gasteiger partial charge >= 0.3 is 0 Å². The second-order valence-corrected chi connectivity index (χ2v) is 16.6. The van der Waals surface area contributed by atoms with Crippen LogP contribution in [0.3, 0.4) is 0 Å². The molecule has 0 unspecified atom stereocenters. The van der Waals surface area contributed by atoms with Crippen LogP contribution >= 0.6 is 0 Å². The Morgan fingerprint density at radius 3 is 1.82 bits per heavy atom. The molecule has 2 amide bonds. The zero-order chi connectivity index (χ0) is 53.1. The van der Waals surface area contributed by atoms with E-state index in [9.17, 15) is 14.0 Å². The van der Waals surface area contributed by atoms with E-state index in [0.29, 0.717) is 47.5 Å². The molecule has 0 saturated carbocycles. The molecule has 0 aliphatic rings. The van der Waals surface area contributed by atoms with Crippen molar-refractivity contribution in [2.75, 3.05) is 62.8 Å². The number of nitrogens with one attached hydrogen (secondary N) is 4. The van der Waals surface area contributed by atoms with Crippen LogP contribution in [0.5, 0.6) is 34.5 Å². The van der Waals surface area contributed by atoms with Crippen molar-refractivity contribution in [3.8, 4) is 56.8 Å². The maximum atomic E-state index is 13.7. The molecule has 15 nitrogen and oxygen atoms in total. The van der Waals surface area contributed by atoms with Gasteiger partial charge in [-0.15, -0.1) is 0 Å². The molecular formula is C58H64FN7O8. The summed E-state index contributed by atoms with van der Waals surface area (Å²) >= 11 is 0. The molecule has 0 spiro atoms. The normalized spacial score (nSPS) is 11.4. The smallest absolute Gasteiger partial charge is 0.244 e. The Morgan fingerprint density at radius 2 is 1.22 bits per heavy atom. The Morgan fingerprint density at radius 1 is 0.649 bits per heavy atom. The van der Waals surface area contributed by atoms with Crippen LogP contribution in [0.15, 0.2) is 128 Å². The molecule has 16 heteroatoms. The molecule has 0 saturated heterocycles. The third kappa shape index (κ3) is 13.9. The lowest BCUT2D eigenvalue weighted by atomic mass is 10.00. The number of fused-ring (bicyclic) bond motifs is 2. The molecule has 4 N–H and O–H groups in total. The number of carbonyl (C=O) groups is 2. The highest BCUT2D eigenvalue weighted by Gasteiger charge is 2.16. The number of halogens is 1. The number of hydrogen-bond donors (Lipinski definition) is 4. The van der Waals surface area contributed by atoms with E-state index in [1.165, 1.54) is 25.3 Å². The second-order valence-electron chi connectivity index (χ2n) is 16.6. The molecule has 0 aliphatic heterocycles. The fraction of sp³-hybridized carbons (Fsp3) is 0.241. The Balaban J connectivity index is 0.000000234. The quantitative estimate of drug-likeness (QED) is 0.0568. The predicted molar refractivity (Wildman–Crippen MR) is 291 cm³/mol. The molecule has 0 fully saturated rings. The number of amides is 2. The number of carbonyl (C=O) groups excluding carboxylic acids is 2. The first-order chi connectivity index (χ1) is 35.9. The van der Waals surface area contributed by atoms with Crippen LogP contribution in [0.4, 0.5) is 4.39 Å². The van der Waals surface area contributed by atoms with Gasteiger partial charge in [-0.1, -0.05) is 38.1 Å². The van der Waals surface area contributed by atoms with E-state index >= 15 is 0 Å². The molecule has 4 heterocycles. The zero-order valence-corrected chi connectivity index (χ0v) is 43.5. The summed E-state index contributed by atoms with van der Waals surface area (Å²) in [5.74, 6) is 2.88. The van der Waals surface area contributed by atoms with Gasteiger partial charge in [-0.3, -0.25) is 9.59 Å². The minimum Gasteiger partial charge on any atom is -0.496 e. The second kappa shape index (κ2) is 26.7. The van der Waals surface area contributed by atoms with Gasteiger partial charge < -0.3 is 53.9 Å².